The van der Waals surface area contributed by atoms with Crippen molar-refractivity contribution in [2.24, 2.45) is 11.8 Å². The molecule has 2 amide bonds. The molecule has 2 unspecified atom stereocenters. The highest BCUT2D eigenvalue weighted by Gasteiger charge is 2.63. The summed E-state index contributed by atoms with van der Waals surface area (Å²) < 4.78 is 14.3. The number of hydrogen-bond acceptors (Lipinski definition) is 7. The molecule has 3 heterocycles. The molecule has 0 radical (unpaired) electrons. The summed E-state index contributed by atoms with van der Waals surface area (Å²) in [6.45, 7) is 5.69. The Hall–Kier alpha value is -2.37. The number of nitriles is 1. The van der Waals surface area contributed by atoms with Gasteiger partial charge in [-0.1, -0.05) is 6.92 Å². The number of rotatable bonds is 2. The zero-order valence-corrected chi connectivity index (χ0v) is 14.8. The summed E-state index contributed by atoms with van der Waals surface area (Å²) in [5, 5.41) is 9.20. The molecule has 0 spiro atoms. The maximum absolute atomic E-state index is 13.2. The molecule has 7 nitrogen and oxygen atoms in total. The van der Waals surface area contributed by atoms with Crippen LogP contribution in [-0.2, 0) is 14.3 Å². The van der Waals surface area contributed by atoms with E-state index in [9.17, 15) is 14.9 Å². The SMILES string of the molecule is CCC1(C)OC(C)[C@@H]2C(=O)N(c3ccc(C#N)c4nsnc34)C(=O)[C@@H]21. The van der Waals surface area contributed by atoms with Crippen molar-refractivity contribution in [2.45, 2.75) is 38.9 Å². The zero-order chi connectivity index (χ0) is 17.9. The molecule has 4 rings (SSSR count). The molecule has 2 aromatic rings. The lowest BCUT2D eigenvalue weighted by Gasteiger charge is -2.28. The Balaban J connectivity index is 1.86. The molecule has 1 aromatic carbocycles. The van der Waals surface area contributed by atoms with E-state index < -0.39 is 17.4 Å². The van der Waals surface area contributed by atoms with Crippen molar-refractivity contribution >= 4 is 40.3 Å². The Morgan fingerprint density at radius 3 is 2.72 bits per heavy atom. The van der Waals surface area contributed by atoms with Crippen LogP contribution in [-0.4, -0.2) is 32.3 Å². The van der Waals surface area contributed by atoms with E-state index in [1.807, 2.05) is 20.8 Å². The Labute approximate surface area is 148 Å². The monoisotopic (exact) mass is 356 g/mol. The Morgan fingerprint density at radius 2 is 2.04 bits per heavy atom. The molecule has 2 saturated heterocycles. The van der Waals surface area contributed by atoms with Gasteiger partial charge in [0.25, 0.3) is 0 Å². The summed E-state index contributed by atoms with van der Waals surface area (Å²) in [4.78, 5) is 27.4. The summed E-state index contributed by atoms with van der Waals surface area (Å²) in [6, 6.07) is 5.24. The number of fused-ring (bicyclic) bond motifs is 2. The average molecular weight is 356 g/mol. The van der Waals surface area contributed by atoms with E-state index in [1.54, 1.807) is 12.1 Å². The number of ether oxygens (including phenoxy) is 1. The third-order valence-electron chi connectivity index (χ3n) is 5.43. The van der Waals surface area contributed by atoms with E-state index in [-0.39, 0.29) is 17.9 Å². The number of carbonyl (C=O) groups excluding carboxylic acids is 2. The van der Waals surface area contributed by atoms with Gasteiger partial charge in [-0.15, -0.1) is 0 Å². The number of hydrogen-bond donors (Lipinski definition) is 0. The average Bonchev–Trinajstić information content (AvgIpc) is 3.24. The van der Waals surface area contributed by atoms with Gasteiger partial charge in [0, 0.05) is 0 Å². The van der Waals surface area contributed by atoms with E-state index in [1.165, 1.54) is 4.90 Å². The first kappa shape index (κ1) is 16.1. The van der Waals surface area contributed by atoms with Crippen LogP contribution in [0.2, 0.25) is 0 Å². The molecule has 0 N–H and O–H groups in total. The molecular weight excluding hydrogens is 340 g/mol. The van der Waals surface area contributed by atoms with Crippen LogP contribution in [0.3, 0.4) is 0 Å². The van der Waals surface area contributed by atoms with E-state index in [0.29, 0.717) is 28.7 Å². The first-order valence-electron chi connectivity index (χ1n) is 8.14. The molecule has 2 aliphatic rings. The van der Waals surface area contributed by atoms with Crippen LogP contribution in [0, 0.1) is 23.2 Å². The predicted octanol–water partition coefficient (Wildman–Crippen LogP) is 2.26. The molecule has 0 saturated carbocycles. The fourth-order valence-electron chi connectivity index (χ4n) is 4.04. The lowest BCUT2D eigenvalue weighted by molar-refractivity contribution is -0.129. The van der Waals surface area contributed by atoms with Gasteiger partial charge in [-0.3, -0.25) is 9.59 Å². The topological polar surface area (TPSA) is 96.2 Å². The Kier molecular flexibility index (Phi) is 3.42. The van der Waals surface area contributed by atoms with Gasteiger partial charge in [0.2, 0.25) is 11.8 Å². The maximum Gasteiger partial charge on any atom is 0.240 e. The third-order valence-corrected chi connectivity index (χ3v) is 5.96. The van der Waals surface area contributed by atoms with Crippen LogP contribution < -0.4 is 4.90 Å². The van der Waals surface area contributed by atoms with Crippen LogP contribution in [0.1, 0.15) is 32.8 Å². The van der Waals surface area contributed by atoms with E-state index in [2.05, 4.69) is 14.8 Å². The van der Waals surface area contributed by atoms with Gasteiger partial charge >= 0.3 is 0 Å². The summed E-state index contributed by atoms with van der Waals surface area (Å²) in [5.41, 5.74) is 0.958. The standard InChI is InChI=1S/C17H16N4O3S/c1-4-17(3)12-11(8(2)24-17)15(22)21(16(12)23)10-6-5-9(7-18)13-14(10)20-25-19-13/h5-6,8,11-12H,4H2,1-3H3/t8?,11-,12+,17?/m0/s1. The summed E-state index contributed by atoms with van der Waals surface area (Å²) in [5.74, 6) is -1.52. The van der Waals surface area contributed by atoms with Gasteiger partial charge < -0.3 is 4.74 Å². The lowest BCUT2D eigenvalue weighted by atomic mass is 9.81. The van der Waals surface area contributed by atoms with Crippen molar-refractivity contribution in [3.63, 3.8) is 0 Å². The first-order chi connectivity index (χ1) is 11.9. The van der Waals surface area contributed by atoms with Gasteiger partial charge in [0.1, 0.15) is 17.1 Å². The van der Waals surface area contributed by atoms with Crippen LogP contribution in [0.4, 0.5) is 5.69 Å². The number of benzene rings is 1. The molecule has 2 fully saturated rings. The van der Waals surface area contributed by atoms with Crippen molar-refractivity contribution < 1.29 is 14.3 Å². The minimum Gasteiger partial charge on any atom is -0.371 e. The lowest BCUT2D eigenvalue weighted by Crippen LogP contribution is -2.40. The third kappa shape index (κ3) is 2.00. The molecule has 1 aromatic heterocycles. The second kappa shape index (κ2) is 5.31. The molecule has 0 bridgehead atoms. The van der Waals surface area contributed by atoms with Gasteiger partial charge in [-0.2, -0.15) is 14.0 Å². The minimum atomic E-state index is -0.655. The second-order valence-corrected chi connectivity index (χ2v) is 7.24. The molecule has 128 valence electrons. The minimum absolute atomic E-state index is 0.261. The Bertz CT molecular complexity index is 949. The fraction of sp³-hybridized carbons (Fsp3) is 0.471. The van der Waals surface area contributed by atoms with E-state index in [0.717, 1.165) is 11.7 Å². The highest BCUT2D eigenvalue weighted by atomic mass is 32.1. The number of carbonyl (C=O) groups is 2. The first-order valence-corrected chi connectivity index (χ1v) is 8.87. The normalized spacial score (nSPS) is 31.6. The zero-order valence-electron chi connectivity index (χ0n) is 14.0. The number of nitrogens with zero attached hydrogens (tertiary/aromatic N) is 4. The molecule has 4 atom stereocenters. The van der Waals surface area contributed by atoms with Crippen molar-refractivity contribution in [2.75, 3.05) is 4.90 Å². The van der Waals surface area contributed by atoms with Gasteiger partial charge in [0.15, 0.2) is 0 Å². The summed E-state index contributed by atoms with van der Waals surface area (Å²) in [7, 11) is 0. The van der Waals surface area contributed by atoms with Crippen LogP contribution in [0.15, 0.2) is 12.1 Å². The largest absolute Gasteiger partial charge is 0.371 e. The quantitative estimate of drug-likeness (QED) is 0.766. The van der Waals surface area contributed by atoms with Gasteiger partial charge in [0.05, 0.1) is 46.5 Å². The van der Waals surface area contributed by atoms with Gasteiger partial charge in [-0.05, 0) is 32.4 Å². The van der Waals surface area contributed by atoms with Gasteiger partial charge in [-0.25, -0.2) is 4.90 Å². The fourth-order valence-corrected chi connectivity index (χ4v) is 4.61. The van der Waals surface area contributed by atoms with Crippen molar-refractivity contribution in [1.29, 1.82) is 5.26 Å². The predicted molar refractivity (Wildman–Crippen MR) is 90.8 cm³/mol. The molecule has 25 heavy (non-hydrogen) atoms. The summed E-state index contributed by atoms with van der Waals surface area (Å²) >= 11 is 0.959. The molecule has 0 aliphatic carbocycles. The van der Waals surface area contributed by atoms with Crippen molar-refractivity contribution in [1.82, 2.24) is 8.75 Å². The molecule has 8 heteroatoms. The molecular formula is C17H16N4O3S. The maximum atomic E-state index is 13.2. The number of anilines is 1. The van der Waals surface area contributed by atoms with Crippen LogP contribution in [0.5, 0.6) is 0 Å². The number of aromatic nitrogens is 2. The van der Waals surface area contributed by atoms with Crippen LogP contribution in [0.25, 0.3) is 11.0 Å². The number of amides is 2. The number of imide groups is 1. The Morgan fingerprint density at radius 1 is 1.32 bits per heavy atom. The van der Waals surface area contributed by atoms with E-state index in [4.69, 9.17) is 4.74 Å². The summed E-state index contributed by atoms with van der Waals surface area (Å²) in [6.07, 6.45) is 0.325. The highest BCUT2D eigenvalue weighted by molar-refractivity contribution is 7.00. The second-order valence-electron chi connectivity index (χ2n) is 6.71. The van der Waals surface area contributed by atoms with E-state index >= 15 is 0 Å². The highest BCUT2D eigenvalue weighted by Crippen LogP contribution is 2.49. The van der Waals surface area contributed by atoms with Crippen molar-refractivity contribution in [3.8, 4) is 6.07 Å². The molecule has 2 aliphatic heterocycles. The van der Waals surface area contributed by atoms with Crippen LogP contribution >= 0.6 is 11.7 Å². The smallest absolute Gasteiger partial charge is 0.240 e. The van der Waals surface area contributed by atoms with Crippen molar-refractivity contribution in [3.05, 3.63) is 17.7 Å².